The molecule has 0 saturated heterocycles. The lowest BCUT2D eigenvalue weighted by molar-refractivity contribution is 0.669. The summed E-state index contributed by atoms with van der Waals surface area (Å²) in [4.78, 5) is 2.32. The van der Waals surface area contributed by atoms with Crippen LogP contribution in [0.5, 0.6) is 0 Å². The molecule has 3 heteroatoms. The summed E-state index contributed by atoms with van der Waals surface area (Å²) in [6.45, 7) is 0. The summed E-state index contributed by atoms with van der Waals surface area (Å²) in [6.07, 6.45) is 0. The quantitative estimate of drug-likeness (QED) is 0.170. The van der Waals surface area contributed by atoms with E-state index in [0.717, 1.165) is 83.2 Å². The van der Waals surface area contributed by atoms with Gasteiger partial charge in [-0.15, -0.1) is 0 Å². The van der Waals surface area contributed by atoms with Gasteiger partial charge in [0.15, 0.2) is 5.58 Å². The molecule has 0 N–H and O–H groups in total. The average molecular weight is 678 g/mol. The summed E-state index contributed by atoms with van der Waals surface area (Å²) in [6, 6.07) is 66.7. The van der Waals surface area contributed by atoms with E-state index < -0.39 is 0 Å². The molecule has 11 aromatic rings. The van der Waals surface area contributed by atoms with Gasteiger partial charge in [-0.3, -0.25) is 0 Å². The Morgan fingerprint density at radius 3 is 1.85 bits per heavy atom. The highest BCUT2D eigenvalue weighted by molar-refractivity contribution is 6.13. The second-order valence-electron chi connectivity index (χ2n) is 13.7. The zero-order valence-corrected chi connectivity index (χ0v) is 28.7. The molecule has 2 aromatic heterocycles. The van der Waals surface area contributed by atoms with Gasteiger partial charge >= 0.3 is 0 Å². The Kier molecular flexibility index (Phi) is 6.55. The van der Waals surface area contributed by atoms with E-state index in [2.05, 4.69) is 175 Å². The number of benzene rings is 9. The van der Waals surface area contributed by atoms with Crippen LogP contribution in [0, 0.1) is 0 Å². The summed E-state index contributed by atoms with van der Waals surface area (Å²) in [7, 11) is 0. The molecule has 2 heterocycles. The first kappa shape index (κ1) is 29.6. The Bertz CT molecular complexity index is 3170. The summed E-state index contributed by atoms with van der Waals surface area (Å²) in [5.41, 5.74) is 11.2. The van der Waals surface area contributed by atoms with E-state index in [9.17, 15) is 0 Å². The van der Waals surface area contributed by atoms with Gasteiger partial charge in [0.05, 0.1) is 5.69 Å². The van der Waals surface area contributed by atoms with E-state index in [-0.39, 0.29) is 0 Å². The van der Waals surface area contributed by atoms with Crippen LogP contribution in [0.25, 0.3) is 87.7 Å². The molecule has 0 spiro atoms. The van der Waals surface area contributed by atoms with Crippen molar-refractivity contribution < 1.29 is 8.83 Å². The maximum absolute atomic E-state index is 6.60. The molecule has 0 aliphatic carbocycles. The molecule has 0 aliphatic heterocycles. The number of nitrogens with zero attached hydrogens (tertiary/aromatic N) is 1. The van der Waals surface area contributed by atoms with Gasteiger partial charge in [0.2, 0.25) is 0 Å². The minimum Gasteiger partial charge on any atom is -0.455 e. The van der Waals surface area contributed by atoms with Gasteiger partial charge in [0.1, 0.15) is 16.7 Å². The molecule has 0 radical (unpaired) electrons. The number of para-hydroxylation sites is 3. The second kappa shape index (κ2) is 11.7. The fourth-order valence-electron chi connectivity index (χ4n) is 8.10. The standard InChI is InChI=1S/C50H31NO2/c1-2-10-33(11-3-1)41-15-8-16-44-45-31-35(24-29-48(45)52-49(41)44)32-22-25-37(26-23-32)51(46-18-9-17-43-42-14-6-7-19-47(42)53-50(43)46)38-27-28-40-36(30-38)21-20-34-12-4-5-13-39(34)40/h1-31H. The van der Waals surface area contributed by atoms with Crippen LogP contribution in [0.4, 0.5) is 17.1 Å². The molecule has 0 aliphatic rings. The fraction of sp³-hybridized carbons (Fsp3) is 0. The third kappa shape index (κ3) is 4.75. The van der Waals surface area contributed by atoms with Crippen LogP contribution in [-0.4, -0.2) is 0 Å². The van der Waals surface area contributed by atoms with Crippen molar-refractivity contribution in [3.8, 4) is 22.3 Å². The molecule has 11 rings (SSSR count). The molecule has 0 unspecified atom stereocenters. The highest BCUT2D eigenvalue weighted by atomic mass is 16.3. The van der Waals surface area contributed by atoms with Crippen molar-refractivity contribution in [1.29, 1.82) is 0 Å². The number of hydrogen-bond donors (Lipinski definition) is 0. The predicted molar refractivity (Wildman–Crippen MR) is 222 cm³/mol. The maximum atomic E-state index is 6.60. The van der Waals surface area contributed by atoms with E-state index in [1.165, 1.54) is 21.5 Å². The third-order valence-electron chi connectivity index (χ3n) is 10.7. The van der Waals surface area contributed by atoms with Crippen LogP contribution in [-0.2, 0) is 0 Å². The van der Waals surface area contributed by atoms with Crippen LogP contribution < -0.4 is 4.90 Å². The van der Waals surface area contributed by atoms with Crippen LogP contribution in [0.1, 0.15) is 0 Å². The fourth-order valence-corrected chi connectivity index (χ4v) is 8.10. The Balaban J connectivity index is 1.05. The van der Waals surface area contributed by atoms with Crippen LogP contribution in [0.2, 0.25) is 0 Å². The van der Waals surface area contributed by atoms with Gasteiger partial charge in [-0.1, -0.05) is 140 Å². The van der Waals surface area contributed by atoms with Gasteiger partial charge < -0.3 is 13.7 Å². The lowest BCUT2D eigenvalue weighted by atomic mass is 9.99. The Morgan fingerprint density at radius 1 is 0.321 bits per heavy atom. The number of rotatable bonds is 5. The van der Waals surface area contributed by atoms with Crippen LogP contribution in [0.3, 0.4) is 0 Å². The minimum atomic E-state index is 0.864. The average Bonchev–Trinajstić information content (AvgIpc) is 3.80. The molecule has 0 amide bonds. The van der Waals surface area contributed by atoms with Crippen molar-refractivity contribution >= 4 is 82.5 Å². The van der Waals surface area contributed by atoms with Gasteiger partial charge in [-0.25, -0.2) is 0 Å². The largest absolute Gasteiger partial charge is 0.455 e. The Hall–Kier alpha value is -7.10. The Labute approximate surface area is 305 Å². The van der Waals surface area contributed by atoms with Crippen molar-refractivity contribution in [3.63, 3.8) is 0 Å². The molecule has 0 fully saturated rings. The first-order valence-electron chi connectivity index (χ1n) is 18.0. The number of fused-ring (bicyclic) bond motifs is 9. The molecular weight excluding hydrogens is 647 g/mol. The van der Waals surface area contributed by atoms with Gasteiger partial charge in [0, 0.05) is 38.5 Å². The first-order chi connectivity index (χ1) is 26.3. The van der Waals surface area contributed by atoms with E-state index in [1.54, 1.807) is 0 Å². The molecule has 53 heavy (non-hydrogen) atoms. The van der Waals surface area contributed by atoms with E-state index in [1.807, 2.05) is 18.2 Å². The first-order valence-corrected chi connectivity index (χ1v) is 18.0. The zero-order chi connectivity index (χ0) is 34.9. The summed E-state index contributed by atoms with van der Waals surface area (Å²) < 4.78 is 13.1. The molecule has 0 saturated carbocycles. The molecule has 0 bridgehead atoms. The van der Waals surface area contributed by atoms with Gasteiger partial charge in [-0.05, 0) is 86.8 Å². The number of hydrogen-bond acceptors (Lipinski definition) is 3. The summed E-state index contributed by atoms with van der Waals surface area (Å²) >= 11 is 0. The second-order valence-corrected chi connectivity index (χ2v) is 13.7. The number of anilines is 3. The highest BCUT2D eigenvalue weighted by Crippen LogP contribution is 2.44. The van der Waals surface area contributed by atoms with E-state index in [4.69, 9.17) is 8.83 Å². The zero-order valence-electron chi connectivity index (χ0n) is 28.7. The molecule has 3 nitrogen and oxygen atoms in total. The molecular formula is C50H31NO2. The van der Waals surface area contributed by atoms with Crippen LogP contribution in [0.15, 0.2) is 197 Å². The summed E-state index contributed by atoms with van der Waals surface area (Å²) in [5.74, 6) is 0. The van der Waals surface area contributed by atoms with E-state index in [0.29, 0.717) is 0 Å². The van der Waals surface area contributed by atoms with Crippen molar-refractivity contribution in [2.75, 3.05) is 4.90 Å². The molecule has 0 atom stereocenters. The number of furan rings is 2. The smallest absolute Gasteiger partial charge is 0.159 e. The normalized spacial score (nSPS) is 11.8. The maximum Gasteiger partial charge on any atom is 0.159 e. The molecule has 9 aromatic carbocycles. The van der Waals surface area contributed by atoms with Gasteiger partial charge in [0.25, 0.3) is 0 Å². The van der Waals surface area contributed by atoms with Crippen molar-refractivity contribution in [2.24, 2.45) is 0 Å². The van der Waals surface area contributed by atoms with Crippen molar-refractivity contribution in [1.82, 2.24) is 0 Å². The SMILES string of the molecule is c1ccc(-c2cccc3c2oc2ccc(-c4ccc(N(c5ccc6c(ccc7ccccc76)c5)c5cccc6c5oc5ccccc56)cc4)cc23)cc1. The minimum absolute atomic E-state index is 0.864. The molecule has 248 valence electrons. The topological polar surface area (TPSA) is 29.5 Å². The van der Waals surface area contributed by atoms with Crippen molar-refractivity contribution in [2.45, 2.75) is 0 Å². The lowest BCUT2D eigenvalue weighted by Gasteiger charge is -2.26. The van der Waals surface area contributed by atoms with Crippen molar-refractivity contribution in [3.05, 3.63) is 188 Å². The highest BCUT2D eigenvalue weighted by Gasteiger charge is 2.20. The van der Waals surface area contributed by atoms with E-state index >= 15 is 0 Å². The predicted octanol–water partition coefficient (Wildman–Crippen LogP) is 14.6. The van der Waals surface area contributed by atoms with Gasteiger partial charge in [-0.2, -0.15) is 0 Å². The Morgan fingerprint density at radius 2 is 0.962 bits per heavy atom. The third-order valence-corrected chi connectivity index (χ3v) is 10.7. The summed E-state index contributed by atoms with van der Waals surface area (Å²) in [5, 5.41) is 9.37. The monoisotopic (exact) mass is 677 g/mol. The van der Waals surface area contributed by atoms with Crippen LogP contribution >= 0.6 is 0 Å². The lowest BCUT2D eigenvalue weighted by Crippen LogP contribution is -2.10.